The summed E-state index contributed by atoms with van der Waals surface area (Å²) in [6.07, 6.45) is 3.58. The summed E-state index contributed by atoms with van der Waals surface area (Å²) in [6, 6.07) is 13.8. The summed E-state index contributed by atoms with van der Waals surface area (Å²) in [5.41, 5.74) is 1.17. The van der Waals surface area contributed by atoms with Crippen LogP contribution in [0.5, 0.6) is 0 Å². The summed E-state index contributed by atoms with van der Waals surface area (Å²) in [6.45, 7) is 1.44. The highest BCUT2D eigenvalue weighted by atomic mass is 35.5. The number of allylic oxidation sites excluding steroid dienone is 1. The second kappa shape index (κ2) is 7.90. The van der Waals surface area contributed by atoms with Crippen molar-refractivity contribution in [1.29, 1.82) is 0 Å². The van der Waals surface area contributed by atoms with E-state index in [1.54, 1.807) is 6.08 Å². The molecule has 0 aliphatic rings. The molecule has 0 saturated carbocycles. The lowest BCUT2D eigenvalue weighted by Gasteiger charge is -2.06. The van der Waals surface area contributed by atoms with E-state index in [0.29, 0.717) is 18.7 Å². The van der Waals surface area contributed by atoms with Crippen LogP contribution in [0.3, 0.4) is 0 Å². The van der Waals surface area contributed by atoms with Crippen molar-refractivity contribution in [3.8, 4) is 0 Å². The van der Waals surface area contributed by atoms with Crippen molar-refractivity contribution in [1.82, 2.24) is 0 Å². The molecule has 0 unspecified atom stereocenters. The minimum Gasteiger partial charge on any atom is -0.294 e. The number of hydrogen-bond acceptors (Lipinski definition) is 2. The third-order valence-electron chi connectivity index (χ3n) is 3.59. The maximum Gasteiger partial charge on any atom is 0.166 e. The number of unbranched alkanes of at least 4 members (excludes halogenated alkanes) is 1. The zero-order valence-corrected chi connectivity index (χ0v) is 13.4. The lowest BCUT2D eigenvalue weighted by Crippen LogP contribution is -2.10. The summed E-state index contributed by atoms with van der Waals surface area (Å²) in [7, 11) is 0. The van der Waals surface area contributed by atoms with Gasteiger partial charge in [-0.05, 0) is 42.2 Å². The Kier molecular flexibility index (Phi) is 5.91. The molecule has 0 N–H and O–H groups in total. The lowest BCUT2D eigenvalue weighted by molar-refractivity contribution is -0.120. The van der Waals surface area contributed by atoms with Gasteiger partial charge in [-0.1, -0.05) is 42.5 Å². The van der Waals surface area contributed by atoms with Gasteiger partial charge in [0.15, 0.2) is 11.6 Å². The molecule has 0 bridgehead atoms. The Labute approximate surface area is 135 Å². The molecule has 3 heteroatoms. The lowest BCUT2D eigenvalue weighted by atomic mass is 9.97. The van der Waals surface area contributed by atoms with Gasteiger partial charge in [-0.2, -0.15) is 0 Å². The predicted octanol–water partition coefficient (Wildman–Crippen LogP) is 4.79. The van der Waals surface area contributed by atoms with Gasteiger partial charge in [-0.3, -0.25) is 9.59 Å². The van der Waals surface area contributed by atoms with Crippen molar-refractivity contribution < 1.29 is 9.59 Å². The summed E-state index contributed by atoms with van der Waals surface area (Å²) in [5, 5.41) is 2.13. The van der Waals surface area contributed by atoms with Crippen LogP contribution in [0.25, 0.3) is 16.8 Å². The van der Waals surface area contributed by atoms with Gasteiger partial charge >= 0.3 is 0 Å². The highest BCUT2D eigenvalue weighted by Crippen LogP contribution is 2.22. The smallest absolute Gasteiger partial charge is 0.166 e. The zero-order valence-electron chi connectivity index (χ0n) is 12.6. The first-order chi connectivity index (χ1) is 10.6. The fourth-order valence-corrected chi connectivity index (χ4v) is 2.61. The Morgan fingerprint density at radius 1 is 1.05 bits per heavy atom. The number of Topliss-reactive ketones (excluding diaryl/α,β-unsaturated/α-hetero) is 2. The highest BCUT2D eigenvalue weighted by Gasteiger charge is 2.14. The first kappa shape index (κ1) is 16.4. The number of alkyl halides is 1. The van der Waals surface area contributed by atoms with E-state index >= 15 is 0 Å². The van der Waals surface area contributed by atoms with E-state index < -0.39 is 0 Å². The molecule has 0 atom stereocenters. The molecule has 0 saturated heterocycles. The Balaban J connectivity index is 2.36. The van der Waals surface area contributed by atoms with Crippen molar-refractivity contribution in [3.63, 3.8) is 0 Å². The van der Waals surface area contributed by atoms with Crippen molar-refractivity contribution in [2.45, 2.75) is 26.2 Å². The van der Waals surface area contributed by atoms with Crippen LogP contribution in [-0.4, -0.2) is 17.4 Å². The topological polar surface area (TPSA) is 34.1 Å². The maximum absolute atomic E-state index is 12.3. The van der Waals surface area contributed by atoms with Crippen LogP contribution in [0, 0.1) is 0 Å². The van der Waals surface area contributed by atoms with Crippen molar-refractivity contribution in [2.24, 2.45) is 0 Å². The minimum atomic E-state index is -0.191. The molecule has 0 amide bonds. The fourth-order valence-electron chi connectivity index (χ4n) is 2.43. The van der Waals surface area contributed by atoms with Gasteiger partial charge < -0.3 is 0 Å². The van der Waals surface area contributed by atoms with Gasteiger partial charge in [0.2, 0.25) is 0 Å². The van der Waals surface area contributed by atoms with Crippen LogP contribution in [0.4, 0.5) is 0 Å². The predicted molar refractivity (Wildman–Crippen MR) is 92.2 cm³/mol. The van der Waals surface area contributed by atoms with Gasteiger partial charge in [0.1, 0.15) is 0 Å². The minimum absolute atomic E-state index is 0.106. The second-order valence-electron chi connectivity index (χ2n) is 5.25. The van der Waals surface area contributed by atoms with E-state index in [4.69, 9.17) is 11.6 Å². The van der Waals surface area contributed by atoms with Gasteiger partial charge in [-0.15, -0.1) is 11.6 Å². The molecule has 2 nitrogen and oxygen atoms in total. The van der Waals surface area contributed by atoms with E-state index in [-0.39, 0.29) is 17.1 Å². The van der Waals surface area contributed by atoms with Crippen LogP contribution in [0.1, 0.15) is 31.7 Å². The van der Waals surface area contributed by atoms with Gasteiger partial charge in [-0.25, -0.2) is 0 Å². The van der Waals surface area contributed by atoms with E-state index in [9.17, 15) is 9.59 Å². The average Bonchev–Trinajstić information content (AvgIpc) is 2.52. The number of fused-ring (bicyclic) bond motifs is 1. The molecule has 0 aliphatic heterocycles. The molecule has 2 rings (SSSR count). The van der Waals surface area contributed by atoms with E-state index in [1.807, 2.05) is 42.5 Å². The number of benzene rings is 2. The van der Waals surface area contributed by atoms with Crippen molar-refractivity contribution in [3.05, 3.63) is 53.6 Å². The Morgan fingerprint density at radius 3 is 2.50 bits per heavy atom. The quantitative estimate of drug-likeness (QED) is 0.242. The van der Waals surface area contributed by atoms with E-state index in [1.165, 1.54) is 6.92 Å². The molecule has 0 spiro atoms. The molecular formula is C19H19ClO2. The van der Waals surface area contributed by atoms with Gasteiger partial charge in [0.25, 0.3) is 0 Å². The number of ketones is 2. The molecule has 22 heavy (non-hydrogen) atoms. The summed E-state index contributed by atoms with van der Waals surface area (Å²) >= 11 is 5.63. The standard InChI is InChI=1S/C19H19ClO2/c1-14(21)18(19(22)11-4-5-12-20)13-16-9-6-8-15-7-2-3-10-17(15)16/h2-3,6-10,13H,4-5,11-12H2,1H3/b18-13+. The zero-order chi connectivity index (χ0) is 15.9. The Hall–Kier alpha value is -1.93. The molecule has 2 aromatic rings. The summed E-state index contributed by atoms with van der Waals surface area (Å²) < 4.78 is 0. The van der Waals surface area contributed by atoms with Crippen LogP contribution in [0.15, 0.2) is 48.0 Å². The second-order valence-corrected chi connectivity index (χ2v) is 5.63. The molecule has 0 aromatic heterocycles. The van der Waals surface area contributed by atoms with E-state index in [0.717, 1.165) is 22.8 Å². The molecule has 0 fully saturated rings. The molecule has 0 heterocycles. The molecular weight excluding hydrogens is 296 g/mol. The summed E-state index contributed by atoms with van der Waals surface area (Å²) in [5.74, 6) is 0.241. The number of carbonyl (C=O) groups is 2. The van der Waals surface area contributed by atoms with E-state index in [2.05, 4.69) is 0 Å². The third-order valence-corrected chi connectivity index (χ3v) is 3.86. The Bertz CT molecular complexity index is 711. The largest absolute Gasteiger partial charge is 0.294 e. The maximum atomic E-state index is 12.3. The normalized spacial score (nSPS) is 11.6. The number of carbonyl (C=O) groups excluding carboxylic acids is 2. The fraction of sp³-hybridized carbons (Fsp3) is 0.263. The Morgan fingerprint density at radius 2 is 1.77 bits per heavy atom. The molecule has 0 aliphatic carbocycles. The van der Waals surface area contributed by atoms with Crippen LogP contribution in [-0.2, 0) is 9.59 Å². The number of rotatable bonds is 7. The third kappa shape index (κ3) is 4.05. The summed E-state index contributed by atoms with van der Waals surface area (Å²) in [4.78, 5) is 24.1. The highest BCUT2D eigenvalue weighted by molar-refractivity contribution is 6.23. The first-order valence-corrected chi connectivity index (χ1v) is 7.96. The number of halogens is 1. The van der Waals surface area contributed by atoms with Gasteiger partial charge in [0.05, 0.1) is 5.57 Å². The van der Waals surface area contributed by atoms with Crippen LogP contribution < -0.4 is 0 Å². The molecule has 2 aromatic carbocycles. The monoisotopic (exact) mass is 314 g/mol. The SMILES string of the molecule is CC(=O)/C(=C\c1cccc2ccccc12)C(=O)CCCCCl. The molecule has 114 valence electrons. The van der Waals surface area contributed by atoms with Crippen molar-refractivity contribution >= 4 is 40.0 Å². The van der Waals surface area contributed by atoms with Crippen LogP contribution >= 0.6 is 11.6 Å². The molecule has 0 radical (unpaired) electrons. The van der Waals surface area contributed by atoms with Gasteiger partial charge in [0, 0.05) is 12.3 Å². The van der Waals surface area contributed by atoms with Crippen molar-refractivity contribution in [2.75, 3.05) is 5.88 Å². The average molecular weight is 315 g/mol. The van der Waals surface area contributed by atoms with Crippen LogP contribution in [0.2, 0.25) is 0 Å². The first-order valence-electron chi connectivity index (χ1n) is 7.43. The number of hydrogen-bond donors (Lipinski definition) is 0.